The number of esters is 1. The van der Waals surface area contributed by atoms with Crippen LogP contribution in [0.5, 0.6) is 0 Å². The zero-order chi connectivity index (χ0) is 27.7. The van der Waals surface area contributed by atoms with Gasteiger partial charge in [-0.2, -0.15) is 0 Å². The summed E-state index contributed by atoms with van der Waals surface area (Å²) in [6.07, 6.45) is -2.15. The Balaban J connectivity index is 1.57. The average Bonchev–Trinajstić information content (AvgIpc) is 2.99. The van der Waals surface area contributed by atoms with Crippen LogP contribution in [0.25, 0.3) is 0 Å². The Labute approximate surface area is 228 Å². The van der Waals surface area contributed by atoms with E-state index in [4.69, 9.17) is 23.7 Å². The number of amides is 1. The molecule has 3 aromatic rings. The van der Waals surface area contributed by atoms with Gasteiger partial charge in [-0.1, -0.05) is 91.0 Å². The first-order chi connectivity index (χ1) is 19.1. The smallest absolute Gasteiger partial charge is 0.408 e. The van der Waals surface area contributed by atoms with Crippen LogP contribution in [0.15, 0.2) is 91.0 Å². The van der Waals surface area contributed by atoms with Crippen LogP contribution < -0.4 is 5.32 Å². The van der Waals surface area contributed by atoms with E-state index in [9.17, 15) is 14.7 Å². The molecule has 0 saturated heterocycles. The molecule has 0 saturated carbocycles. The van der Waals surface area contributed by atoms with Gasteiger partial charge in [0.05, 0.1) is 40.1 Å². The molecule has 0 bridgehead atoms. The second-order valence-corrected chi connectivity index (χ2v) is 8.67. The first-order valence-electron chi connectivity index (χ1n) is 12.6. The average molecular weight is 538 g/mol. The zero-order valence-corrected chi connectivity index (χ0v) is 21.9. The first-order valence-corrected chi connectivity index (χ1v) is 12.6. The Bertz CT molecular complexity index is 1100. The maximum absolute atomic E-state index is 12.3. The minimum Gasteiger partial charge on any atom is -0.467 e. The second-order valence-electron chi connectivity index (χ2n) is 8.67. The van der Waals surface area contributed by atoms with E-state index >= 15 is 0 Å². The molecule has 1 amide bonds. The number of hydrogen-bond acceptors (Lipinski definition) is 8. The predicted octanol–water partition coefficient (Wildman–Crippen LogP) is 3.63. The van der Waals surface area contributed by atoms with E-state index in [0.717, 1.165) is 16.7 Å². The highest BCUT2D eigenvalue weighted by molar-refractivity contribution is 5.81. The van der Waals surface area contributed by atoms with E-state index in [0.29, 0.717) is 0 Å². The molecule has 2 unspecified atom stereocenters. The lowest BCUT2D eigenvalue weighted by molar-refractivity contribution is -0.148. The maximum atomic E-state index is 12.3. The Hall–Kier alpha value is -3.76. The molecule has 3 rings (SSSR count). The number of benzene rings is 3. The fourth-order valence-corrected chi connectivity index (χ4v) is 3.62. The van der Waals surface area contributed by atoms with E-state index in [1.807, 2.05) is 91.0 Å². The van der Waals surface area contributed by atoms with Crippen molar-refractivity contribution in [1.82, 2.24) is 5.32 Å². The van der Waals surface area contributed by atoms with Crippen molar-refractivity contribution in [3.8, 4) is 0 Å². The highest BCUT2D eigenvalue weighted by atomic mass is 16.6. The van der Waals surface area contributed by atoms with Gasteiger partial charge in [-0.05, 0) is 16.7 Å². The largest absolute Gasteiger partial charge is 0.467 e. The number of alkyl carbamates (subject to hydrolysis) is 1. The van der Waals surface area contributed by atoms with E-state index in [1.165, 1.54) is 7.11 Å². The molecule has 0 spiro atoms. The van der Waals surface area contributed by atoms with Gasteiger partial charge in [0.25, 0.3) is 0 Å². The van der Waals surface area contributed by atoms with Gasteiger partial charge >= 0.3 is 12.1 Å². The van der Waals surface area contributed by atoms with Gasteiger partial charge in [0.1, 0.15) is 18.8 Å². The van der Waals surface area contributed by atoms with Crippen molar-refractivity contribution in [2.24, 2.45) is 0 Å². The summed E-state index contributed by atoms with van der Waals surface area (Å²) in [7, 11) is 1.22. The van der Waals surface area contributed by atoms with Crippen LogP contribution in [0.4, 0.5) is 4.79 Å². The predicted molar refractivity (Wildman–Crippen MR) is 144 cm³/mol. The minimum atomic E-state index is -1.11. The lowest BCUT2D eigenvalue weighted by Gasteiger charge is -2.27. The van der Waals surface area contributed by atoms with Crippen LogP contribution in [0.1, 0.15) is 16.7 Å². The Kier molecular flexibility index (Phi) is 12.9. The number of hydrogen-bond donors (Lipinski definition) is 2. The molecule has 208 valence electrons. The van der Waals surface area contributed by atoms with Gasteiger partial charge < -0.3 is 34.1 Å². The molecule has 0 heterocycles. The van der Waals surface area contributed by atoms with E-state index in [1.54, 1.807) is 0 Å². The number of methoxy groups -OCH3 is 1. The lowest BCUT2D eigenvalue weighted by Crippen LogP contribution is -2.46. The maximum Gasteiger partial charge on any atom is 0.408 e. The van der Waals surface area contributed by atoms with Crippen molar-refractivity contribution in [1.29, 1.82) is 0 Å². The van der Waals surface area contributed by atoms with Gasteiger partial charge in [-0.3, -0.25) is 0 Å². The van der Waals surface area contributed by atoms with Gasteiger partial charge in [0.2, 0.25) is 0 Å². The molecule has 0 aliphatic rings. The first kappa shape index (κ1) is 29.8. The lowest BCUT2D eigenvalue weighted by atomic mass is 10.2. The van der Waals surface area contributed by atoms with E-state index in [2.05, 4.69) is 5.32 Å². The third-order valence-corrected chi connectivity index (χ3v) is 5.77. The molecular formula is C30H35NO8. The molecule has 39 heavy (non-hydrogen) atoms. The number of carbonyl (C=O) groups excluding carboxylic acids is 2. The summed E-state index contributed by atoms with van der Waals surface area (Å²) in [6.45, 7) is 0.0749. The number of rotatable bonds is 16. The van der Waals surface area contributed by atoms with Crippen molar-refractivity contribution in [3.05, 3.63) is 108 Å². The number of aliphatic hydroxyl groups is 1. The molecule has 0 aromatic heterocycles. The standard InChI is InChI=1S/C30H35NO8/c1-35-29(33)26(31-30(34)39-20-25-15-9-4-10-16-25)21-36-22-28(38-19-24-13-7-3-8-14-24)27(17-32)37-18-23-11-5-2-6-12-23/h2-16,26-28,32H,17-22H2,1H3,(H,31,34)/t26?,27?,28-/m0/s1. The number of ether oxygens (including phenoxy) is 5. The molecule has 3 atom stereocenters. The quantitative estimate of drug-likeness (QED) is 0.267. The van der Waals surface area contributed by atoms with Crippen LogP contribution in [0.2, 0.25) is 0 Å². The molecule has 0 aliphatic heterocycles. The Morgan fingerprint density at radius 3 is 1.69 bits per heavy atom. The Morgan fingerprint density at radius 1 is 0.718 bits per heavy atom. The van der Waals surface area contributed by atoms with Crippen molar-refractivity contribution in [2.75, 3.05) is 26.9 Å². The van der Waals surface area contributed by atoms with E-state index < -0.39 is 30.3 Å². The molecule has 0 aliphatic carbocycles. The van der Waals surface area contributed by atoms with Crippen LogP contribution in [-0.4, -0.2) is 62.3 Å². The SMILES string of the molecule is COC(=O)C(COC[C@H](OCc1ccccc1)C(CO)OCc1ccccc1)NC(=O)OCc1ccccc1. The van der Waals surface area contributed by atoms with Crippen LogP contribution in [-0.2, 0) is 48.3 Å². The molecule has 0 radical (unpaired) electrons. The normalized spacial score (nSPS) is 13.2. The summed E-state index contributed by atoms with van der Waals surface area (Å²) in [5.41, 5.74) is 2.70. The Morgan fingerprint density at radius 2 is 1.21 bits per heavy atom. The summed E-state index contributed by atoms with van der Waals surface area (Å²) >= 11 is 0. The topological polar surface area (TPSA) is 113 Å². The molecule has 9 nitrogen and oxygen atoms in total. The minimum absolute atomic E-state index is 0.0128. The van der Waals surface area contributed by atoms with Crippen molar-refractivity contribution >= 4 is 12.1 Å². The molecule has 2 N–H and O–H groups in total. The number of aliphatic hydroxyl groups excluding tert-OH is 1. The van der Waals surface area contributed by atoms with Crippen LogP contribution >= 0.6 is 0 Å². The van der Waals surface area contributed by atoms with Crippen LogP contribution in [0.3, 0.4) is 0 Å². The summed E-state index contributed by atoms with van der Waals surface area (Å²) in [4.78, 5) is 24.6. The number of nitrogens with one attached hydrogen (secondary N) is 1. The zero-order valence-electron chi connectivity index (χ0n) is 21.9. The molecule has 3 aromatic carbocycles. The van der Waals surface area contributed by atoms with Crippen molar-refractivity contribution in [2.45, 2.75) is 38.1 Å². The highest BCUT2D eigenvalue weighted by Crippen LogP contribution is 2.13. The third kappa shape index (κ3) is 10.9. The monoisotopic (exact) mass is 537 g/mol. The summed E-state index contributed by atoms with van der Waals surface area (Å²) in [5.74, 6) is -0.688. The summed E-state index contributed by atoms with van der Waals surface area (Å²) in [6, 6.07) is 27.2. The van der Waals surface area contributed by atoms with Gasteiger partial charge in [-0.15, -0.1) is 0 Å². The number of carbonyl (C=O) groups is 2. The van der Waals surface area contributed by atoms with Crippen molar-refractivity contribution in [3.63, 3.8) is 0 Å². The molecule has 0 fully saturated rings. The molecule has 9 heteroatoms. The fourth-order valence-electron chi connectivity index (χ4n) is 3.62. The summed E-state index contributed by atoms with van der Waals surface area (Å²) < 4.78 is 27.8. The fraction of sp³-hybridized carbons (Fsp3) is 0.333. The van der Waals surface area contributed by atoms with E-state index in [-0.39, 0.29) is 39.6 Å². The summed E-state index contributed by atoms with van der Waals surface area (Å²) in [5, 5.41) is 12.5. The highest BCUT2D eigenvalue weighted by Gasteiger charge is 2.27. The third-order valence-electron chi connectivity index (χ3n) is 5.77. The van der Waals surface area contributed by atoms with Gasteiger partial charge in [-0.25, -0.2) is 9.59 Å². The van der Waals surface area contributed by atoms with Gasteiger partial charge in [0.15, 0.2) is 6.04 Å². The second kappa shape index (κ2) is 17.0. The molecular weight excluding hydrogens is 502 g/mol. The van der Waals surface area contributed by atoms with Crippen LogP contribution in [0, 0.1) is 0 Å². The van der Waals surface area contributed by atoms with Gasteiger partial charge in [0, 0.05) is 0 Å². The van der Waals surface area contributed by atoms with Crippen molar-refractivity contribution < 1.29 is 38.4 Å².